The Morgan fingerprint density at radius 1 is 1.35 bits per heavy atom. The van der Waals surface area contributed by atoms with Gasteiger partial charge in [0.25, 0.3) is 5.91 Å². The molecule has 0 saturated heterocycles. The molecule has 2 rings (SSSR count). The van der Waals surface area contributed by atoms with Crippen molar-refractivity contribution >= 4 is 17.5 Å². The van der Waals surface area contributed by atoms with Gasteiger partial charge in [-0.25, -0.2) is 0 Å². The third-order valence-corrected chi connectivity index (χ3v) is 2.40. The first-order chi connectivity index (χ1) is 7.99. The highest BCUT2D eigenvalue weighted by Gasteiger charge is 2.35. The second-order valence-electron chi connectivity index (χ2n) is 3.70. The number of nitrogens with one attached hydrogen (secondary N) is 2. The zero-order chi connectivity index (χ0) is 12.6. The number of carbonyl (C=O) groups is 2. The molecular weight excluding hydrogens is 226 g/mol. The highest BCUT2D eigenvalue weighted by Crippen LogP contribution is 2.20. The van der Waals surface area contributed by atoms with E-state index in [4.69, 9.17) is 0 Å². The summed E-state index contributed by atoms with van der Waals surface area (Å²) in [6.07, 6.45) is -1.75. The van der Waals surface area contributed by atoms with Crippen LogP contribution in [0.5, 0.6) is 0 Å². The van der Waals surface area contributed by atoms with Gasteiger partial charge in [0, 0.05) is 0 Å². The Labute approximate surface area is 96.0 Å². The molecule has 17 heavy (non-hydrogen) atoms. The van der Waals surface area contributed by atoms with E-state index >= 15 is 0 Å². The lowest BCUT2D eigenvalue weighted by Crippen LogP contribution is -2.46. The number of rotatable bonds is 1. The third-order valence-electron chi connectivity index (χ3n) is 2.40. The first-order valence-electron chi connectivity index (χ1n) is 4.85. The molecule has 7 heteroatoms. The van der Waals surface area contributed by atoms with Crippen molar-refractivity contribution < 1.29 is 14.5 Å². The van der Waals surface area contributed by atoms with Crippen LogP contribution in [0.1, 0.15) is 15.9 Å². The molecule has 1 aliphatic heterocycles. The summed E-state index contributed by atoms with van der Waals surface area (Å²) in [5.74, 6) is -1.49. The Morgan fingerprint density at radius 3 is 2.71 bits per heavy atom. The highest BCUT2D eigenvalue weighted by molar-refractivity contribution is 6.09. The number of hydrogen-bond donors (Lipinski definition) is 2. The number of nitrogens with zero attached hydrogens (tertiary/aromatic N) is 1. The van der Waals surface area contributed by atoms with E-state index in [0.717, 1.165) is 5.56 Å². The molecule has 2 amide bonds. The van der Waals surface area contributed by atoms with Gasteiger partial charge in [0.2, 0.25) is 0 Å². The van der Waals surface area contributed by atoms with Crippen LogP contribution in [0, 0.1) is 17.0 Å². The van der Waals surface area contributed by atoms with Crippen molar-refractivity contribution in [2.24, 2.45) is 0 Å². The summed E-state index contributed by atoms with van der Waals surface area (Å²) >= 11 is 0. The molecule has 1 aromatic carbocycles. The van der Waals surface area contributed by atoms with Gasteiger partial charge in [-0.1, -0.05) is 6.07 Å². The minimum atomic E-state index is -1.75. The van der Waals surface area contributed by atoms with Crippen molar-refractivity contribution in [3.8, 4) is 0 Å². The predicted molar refractivity (Wildman–Crippen MR) is 58.1 cm³/mol. The van der Waals surface area contributed by atoms with Crippen LogP contribution < -0.4 is 10.6 Å². The number of anilines is 1. The molecule has 0 aliphatic carbocycles. The van der Waals surface area contributed by atoms with E-state index in [1.165, 1.54) is 6.07 Å². The highest BCUT2D eigenvalue weighted by atomic mass is 16.6. The zero-order valence-corrected chi connectivity index (χ0v) is 8.89. The summed E-state index contributed by atoms with van der Waals surface area (Å²) in [6, 6.07) is 4.80. The van der Waals surface area contributed by atoms with Crippen LogP contribution in [0.3, 0.4) is 0 Å². The first kappa shape index (κ1) is 11.1. The maximum absolute atomic E-state index is 11.7. The zero-order valence-electron chi connectivity index (χ0n) is 8.89. The fourth-order valence-electron chi connectivity index (χ4n) is 1.58. The van der Waals surface area contributed by atoms with E-state index in [1.807, 2.05) is 0 Å². The van der Waals surface area contributed by atoms with Crippen molar-refractivity contribution in [3.05, 3.63) is 39.4 Å². The van der Waals surface area contributed by atoms with Gasteiger partial charge in [0.05, 0.1) is 16.2 Å². The standard InChI is InChI=1S/C10H9N3O4/c1-5-2-3-6-7(4-5)11-10(15)8(13(16)17)12-9(6)14/h2-4,8H,1H3,(H,11,15)(H,12,14). The van der Waals surface area contributed by atoms with Crippen LogP contribution in [-0.4, -0.2) is 22.9 Å². The lowest BCUT2D eigenvalue weighted by atomic mass is 10.1. The summed E-state index contributed by atoms with van der Waals surface area (Å²) in [4.78, 5) is 32.9. The Kier molecular flexibility index (Phi) is 2.51. The number of aryl methyl sites for hydroxylation is 1. The van der Waals surface area contributed by atoms with Crippen LogP contribution in [0.15, 0.2) is 18.2 Å². The van der Waals surface area contributed by atoms with Gasteiger partial charge in [0.1, 0.15) is 0 Å². The van der Waals surface area contributed by atoms with Gasteiger partial charge in [0.15, 0.2) is 0 Å². The van der Waals surface area contributed by atoms with Crippen LogP contribution in [-0.2, 0) is 4.79 Å². The van der Waals surface area contributed by atoms with Crippen LogP contribution in [0.4, 0.5) is 5.69 Å². The predicted octanol–water partition coefficient (Wildman–Crippen LogP) is 0.280. The molecule has 1 atom stereocenters. The van der Waals surface area contributed by atoms with Crippen molar-refractivity contribution in [2.75, 3.05) is 5.32 Å². The number of amides is 2. The molecule has 7 nitrogen and oxygen atoms in total. The molecule has 0 bridgehead atoms. The molecule has 1 unspecified atom stereocenters. The second-order valence-corrected chi connectivity index (χ2v) is 3.70. The second kappa shape index (κ2) is 3.85. The summed E-state index contributed by atoms with van der Waals surface area (Å²) in [6.45, 7) is 1.79. The third kappa shape index (κ3) is 1.94. The van der Waals surface area contributed by atoms with Gasteiger partial charge < -0.3 is 5.32 Å². The monoisotopic (exact) mass is 235 g/mol. The smallest absolute Gasteiger partial charge is 0.318 e. The van der Waals surface area contributed by atoms with Crippen molar-refractivity contribution in [2.45, 2.75) is 13.1 Å². The van der Waals surface area contributed by atoms with E-state index in [9.17, 15) is 19.7 Å². The molecule has 2 N–H and O–H groups in total. The molecular formula is C10H9N3O4. The van der Waals surface area contributed by atoms with E-state index in [0.29, 0.717) is 0 Å². The minimum absolute atomic E-state index is 0.216. The Morgan fingerprint density at radius 2 is 2.06 bits per heavy atom. The van der Waals surface area contributed by atoms with Gasteiger partial charge in [-0.15, -0.1) is 0 Å². The lowest BCUT2D eigenvalue weighted by Gasteiger charge is -2.05. The summed E-state index contributed by atoms with van der Waals surface area (Å²) in [7, 11) is 0. The van der Waals surface area contributed by atoms with Crippen LogP contribution in [0.2, 0.25) is 0 Å². The summed E-state index contributed by atoms with van der Waals surface area (Å²) in [5, 5.41) is 15.0. The maximum Gasteiger partial charge on any atom is 0.365 e. The number of carbonyl (C=O) groups excluding carboxylic acids is 2. The van der Waals surface area contributed by atoms with Crippen LogP contribution in [0.25, 0.3) is 0 Å². The molecule has 0 radical (unpaired) electrons. The van der Waals surface area contributed by atoms with Crippen molar-refractivity contribution in [1.82, 2.24) is 5.32 Å². The molecule has 0 spiro atoms. The fourth-order valence-corrected chi connectivity index (χ4v) is 1.58. The van der Waals surface area contributed by atoms with Gasteiger partial charge in [-0.05, 0) is 24.6 Å². The molecule has 0 saturated carbocycles. The average Bonchev–Trinajstić information content (AvgIpc) is 2.35. The first-order valence-corrected chi connectivity index (χ1v) is 4.85. The molecule has 0 aromatic heterocycles. The van der Waals surface area contributed by atoms with Gasteiger partial charge in [-0.3, -0.25) is 25.0 Å². The Balaban J connectivity index is 2.46. The van der Waals surface area contributed by atoms with E-state index in [1.54, 1.807) is 19.1 Å². The van der Waals surface area contributed by atoms with E-state index in [-0.39, 0.29) is 11.3 Å². The Bertz CT molecular complexity index is 526. The van der Waals surface area contributed by atoms with E-state index < -0.39 is 22.9 Å². The quantitative estimate of drug-likeness (QED) is 0.539. The van der Waals surface area contributed by atoms with Crippen molar-refractivity contribution in [3.63, 3.8) is 0 Å². The van der Waals surface area contributed by atoms with Gasteiger partial charge >= 0.3 is 12.1 Å². The molecule has 1 aromatic rings. The van der Waals surface area contributed by atoms with Crippen LogP contribution >= 0.6 is 0 Å². The molecule has 88 valence electrons. The maximum atomic E-state index is 11.7. The molecule has 1 aliphatic rings. The molecule has 1 heterocycles. The SMILES string of the molecule is Cc1ccc2c(c1)NC(=O)C([N+](=O)[O-])NC2=O. The van der Waals surface area contributed by atoms with Gasteiger partial charge in [-0.2, -0.15) is 0 Å². The Hall–Kier alpha value is -2.44. The summed E-state index contributed by atoms with van der Waals surface area (Å²) < 4.78 is 0. The van der Waals surface area contributed by atoms with E-state index in [2.05, 4.69) is 10.6 Å². The number of nitro groups is 1. The largest absolute Gasteiger partial charge is 0.365 e. The number of fused-ring (bicyclic) bond motifs is 1. The van der Waals surface area contributed by atoms with Crippen molar-refractivity contribution in [1.29, 1.82) is 0 Å². The normalized spacial score (nSPS) is 18.8. The molecule has 0 fully saturated rings. The topological polar surface area (TPSA) is 101 Å². The average molecular weight is 235 g/mol. The fraction of sp³-hybridized carbons (Fsp3) is 0.200. The number of benzene rings is 1. The minimum Gasteiger partial charge on any atom is -0.318 e. The summed E-state index contributed by atoms with van der Waals surface area (Å²) in [5.41, 5.74) is 1.35. The lowest BCUT2D eigenvalue weighted by molar-refractivity contribution is -0.510. The number of hydrogen-bond acceptors (Lipinski definition) is 4.